The van der Waals surface area contributed by atoms with Crippen molar-refractivity contribution < 1.29 is 4.79 Å². The van der Waals surface area contributed by atoms with Gasteiger partial charge in [-0.2, -0.15) is 0 Å². The van der Waals surface area contributed by atoms with E-state index >= 15 is 0 Å². The second-order valence-electron chi connectivity index (χ2n) is 3.76. The van der Waals surface area contributed by atoms with E-state index < -0.39 is 0 Å². The zero-order chi connectivity index (χ0) is 11.5. The Morgan fingerprint density at radius 2 is 2.06 bits per heavy atom. The van der Waals surface area contributed by atoms with Crippen LogP contribution in [0.1, 0.15) is 18.9 Å². The summed E-state index contributed by atoms with van der Waals surface area (Å²) in [6, 6.07) is 7.93. The average Bonchev–Trinajstić information content (AvgIpc) is 2.62. The van der Waals surface area contributed by atoms with Crippen LogP contribution in [0.15, 0.2) is 29.3 Å². The number of amidine groups is 1. The number of thioether (sulfide) groups is 1. The summed E-state index contributed by atoms with van der Waals surface area (Å²) in [4.78, 5) is 15.8. The van der Waals surface area contributed by atoms with Gasteiger partial charge in [-0.1, -0.05) is 36.4 Å². The van der Waals surface area contributed by atoms with Crippen LogP contribution in [-0.2, 0) is 4.79 Å². The van der Waals surface area contributed by atoms with Gasteiger partial charge in [-0.15, -0.1) is 0 Å². The largest absolute Gasteiger partial charge is 0.304 e. The third-order valence-electron chi connectivity index (χ3n) is 2.41. The van der Waals surface area contributed by atoms with Crippen molar-refractivity contribution >= 4 is 28.5 Å². The first-order valence-corrected chi connectivity index (χ1v) is 6.20. The lowest BCUT2D eigenvalue weighted by Gasteiger charge is -1.98. The number of rotatable bonds is 2. The Hall–Kier alpha value is -1.29. The summed E-state index contributed by atoms with van der Waals surface area (Å²) in [5, 5.41) is 3.52. The average molecular weight is 234 g/mol. The number of carbonyl (C=O) groups excluding carboxylic acids is 1. The molecule has 1 atom stereocenters. The molecule has 1 amide bonds. The van der Waals surface area contributed by atoms with E-state index in [1.807, 2.05) is 38.1 Å². The molecule has 4 heteroatoms. The van der Waals surface area contributed by atoms with Crippen molar-refractivity contribution in [2.75, 3.05) is 0 Å². The number of nitrogens with one attached hydrogen (secondary N) is 1. The molecular formula is C12H14N2OS. The maximum atomic E-state index is 11.4. The number of hydrogen-bond acceptors (Lipinski definition) is 3. The van der Waals surface area contributed by atoms with Gasteiger partial charge in [-0.05, 0) is 25.5 Å². The van der Waals surface area contributed by atoms with Crippen molar-refractivity contribution in [1.29, 1.82) is 0 Å². The highest BCUT2D eigenvalue weighted by molar-refractivity contribution is 8.15. The maximum Gasteiger partial charge on any atom is 0.239 e. The minimum atomic E-state index is 0.0178. The highest BCUT2D eigenvalue weighted by atomic mass is 32.2. The van der Waals surface area contributed by atoms with Crippen LogP contribution in [0, 0.1) is 6.92 Å². The fraction of sp³-hybridized carbons (Fsp3) is 0.333. The Morgan fingerprint density at radius 1 is 1.38 bits per heavy atom. The van der Waals surface area contributed by atoms with Crippen LogP contribution in [0.4, 0.5) is 5.69 Å². The molecular weight excluding hydrogens is 220 g/mol. The molecule has 0 aliphatic carbocycles. The molecule has 0 radical (unpaired) electrons. The molecule has 0 aromatic heterocycles. The van der Waals surface area contributed by atoms with Gasteiger partial charge in [0.15, 0.2) is 5.17 Å². The quantitative estimate of drug-likeness (QED) is 0.854. The van der Waals surface area contributed by atoms with Gasteiger partial charge in [0.05, 0.1) is 10.9 Å². The van der Waals surface area contributed by atoms with Crippen LogP contribution in [0.25, 0.3) is 0 Å². The Morgan fingerprint density at radius 3 is 2.62 bits per heavy atom. The molecule has 1 fully saturated rings. The Labute approximate surface area is 99.3 Å². The fourth-order valence-electron chi connectivity index (χ4n) is 1.46. The number of carbonyl (C=O) groups is 1. The molecule has 1 aromatic rings. The molecule has 0 bridgehead atoms. The van der Waals surface area contributed by atoms with Crippen LogP contribution in [-0.4, -0.2) is 16.3 Å². The first-order valence-electron chi connectivity index (χ1n) is 5.32. The van der Waals surface area contributed by atoms with Crippen molar-refractivity contribution in [2.24, 2.45) is 4.99 Å². The number of aliphatic imine (C=N–C) groups is 1. The van der Waals surface area contributed by atoms with Gasteiger partial charge in [0.1, 0.15) is 0 Å². The summed E-state index contributed by atoms with van der Waals surface area (Å²) in [5.74, 6) is 0.0679. The van der Waals surface area contributed by atoms with Crippen molar-refractivity contribution in [3.63, 3.8) is 0 Å². The molecule has 1 aliphatic rings. The monoisotopic (exact) mass is 234 g/mol. The molecule has 1 N–H and O–H groups in total. The molecule has 84 valence electrons. The lowest BCUT2D eigenvalue weighted by molar-refractivity contribution is -0.118. The van der Waals surface area contributed by atoms with Gasteiger partial charge in [0.25, 0.3) is 0 Å². The van der Waals surface area contributed by atoms with E-state index in [9.17, 15) is 4.79 Å². The summed E-state index contributed by atoms with van der Waals surface area (Å²) in [5.41, 5.74) is 2.09. The second kappa shape index (κ2) is 4.70. The molecule has 2 rings (SSSR count). The molecule has 0 saturated carbocycles. The van der Waals surface area contributed by atoms with E-state index in [0.29, 0.717) is 5.17 Å². The number of nitrogens with zero attached hydrogens (tertiary/aromatic N) is 1. The standard InChI is InChI=1S/C12H14N2OS/c1-3-10-11(15)14-12(16-10)13-9-6-4-8(2)5-7-9/h4-7,10H,3H2,1-2H3,(H,13,14,15). The predicted octanol–water partition coefficient (Wildman–Crippen LogP) is 2.62. The number of benzene rings is 1. The van der Waals surface area contributed by atoms with E-state index in [2.05, 4.69) is 10.3 Å². The van der Waals surface area contributed by atoms with Gasteiger partial charge in [0, 0.05) is 0 Å². The number of amides is 1. The van der Waals surface area contributed by atoms with Crippen LogP contribution >= 0.6 is 11.8 Å². The summed E-state index contributed by atoms with van der Waals surface area (Å²) in [7, 11) is 0. The fourth-order valence-corrected chi connectivity index (χ4v) is 2.38. The van der Waals surface area contributed by atoms with Gasteiger partial charge >= 0.3 is 0 Å². The van der Waals surface area contributed by atoms with Crippen LogP contribution < -0.4 is 5.32 Å². The third-order valence-corrected chi connectivity index (χ3v) is 3.66. The van der Waals surface area contributed by atoms with E-state index in [1.165, 1.54) is 17.3 Å². The normalized spacial score (nSPS) is 22.5. The summed E-state index contributed by atoms with van der Waals surface area (Å²) in [6.45, 7) is 4.04. The van der Waals surface area contributed by atoms with Crippen molar-refractivity contribution in [3.8, 4) is 0 Å². The Balaban J connectivity index is 2.14. The summed E-state index contributed by atoms with van der Waals surface area (Å²) in [6.07, 6.45) is 0.837. The van der Waals surface area contributed by atoms with Crippen LogP contribution in [0.5, 0.6) is 0 Å². The first-order chi connectivity index (χ1) is 7.69. The molecule has 1 unspecified atom stereocenters. The van der Waals surface area contributed by atoms with Crippen LogP contribution in [0.3, 0.4) is 0 Å². The van der Waals surface area contributed by atoms with Crippen molar-refractivity contribution in [1.82, 2.24) is 5.32 Å². The molecule has 1 aliphatic heterocycles. The molecule has 3 nitrogen and oxygen atoms in total. The lowest BCUT2D eigenvalue weighted by Crippen LogP contribution is -2.24. The number of aryl methyl sites for hydroxylation is 1. The highest BCUT2D eigenvalue weighted by Crippen LogP contribution is 2.24. The van der Waals surface area contributed by atoms with E-state index in [-0.39, 0.29) is 11.2 Å². The van der Waals surface area contributed by atoms with Gasteiger partial charge in [0.2, 0.25) is 5.91 Å². The third kappa shape index (κ3) is 2.44. The van der Waals surface area contributed by atoms with E-state index in [1.54, 1.807) is 0 Å². The molecule has 0 spiro atoms. The van der Waals surface area contributed by atoms with Gasteiger partial charge < -0.3 is 5.32 Å². The minimum Gasteiger partial charge on any atom is -0.304 e. The lowest BCUT2D eigenvalue weighted by atomic mass is 10.2. The van der Waals surface area contributed by atoms with Crippen molar-refractivity contribution in [3.05, 3.63) is 29.8 Å². The highest BCUT2D eigenvalue weighted by Gasteiger charge is 2.28. The topological polar surface area (TPSA) is 41.5 Å². The SMILES string of the molecule is CCC1SC(=Nc2ccc(C)cc2)NC1=O. The maximum absolute atomic E-state index is 11.4. The smallest absolute Gasteiger partial charge is 0.239 e. The van der Waals surface area contributed by atoms with Gasteiger partial charge in [-0.3, -0.25) is 4.79 Å². The molecule has 1 saturated heterocycles. The molecule has 16 heavy (non-hydrogen) atoms. The Bertz CT molecular complexity index is 425. The number of hydrogen-bond donors (Lipinski definition) is 1. The first kappa shape index (κ1) is 11.2. The zero-order valence-corrected chi connectivity index (χ0v) is 10.2. The van der Waals surface area contributed by atoms with Crippen LogP contribution in [0.2, 0.25) is 0 Å². The Kier molecular flexibility index (Phi) is 3.29. The predicted molar refractivity (Wildman–Crippen MR) is 68.1 cm³/mol. The van der Waals surface area contributed by atoms with E-state index in [4.69, 9.17) is 0 Å². The van der Waals surface area contributed by atoms with Crippen molar-refractivity contribution in [2.45, 2.75) is 25.5 Å². The minimum absolute atomic E-state index is 0.0178. The molecule has 1 aromatic carbocycles. The summed E-state index contributed by atoms with van der Waals surface area (Å²) >= 11 is 1.51. The second-order valence-corrected chi connectivity index (χ2v) is 4.95. The van der Waals surface area contributed by atoms with E-state index in [0.717, 1.165) is 12.1 Å². The zero-order valence-electron chi connectivity index (χ0n) is 9.36. The summed E-state index contributed by atoms with van der Waals surface area (Å²) < 4.78 is 0. The van der Waals surface area contributed by atoms with Gasteiger partial charge in [-0.25, -0.2) is 4.99 Å². The molecule has 1 heterocycles.